The molecule has 2 heterocycles. The van der Waals surface area contributed by atoms with Crippen molar-refractivity contribution in [3.8, 4) is 11.3 Å². The smallest absolute Gasteiger partial charge is 0.157 e. The van der Waals surface area contributed by atoms with Crippen molar-refractivity contribution < 1.29 is 9.15 Å². The molecule has 84 valence electrons. The highest BCUT2D eigenvalue weighted by Crippen LogP contribution is 2.19. The molecule has 0 radical (unpaired) electrons. The Hall–Kier alpha value is -1.88. The maximum atomic E-state index is 5.70. The van der Waals surface area contributed by atoms with Gasteiger partial charge in [-0.1, -0.05) is 0 Å². The number of nitrogens with two attached hydrogens (primary N) is 1. The number of hydrogen-bond donors (Lipinski definition) is 1. The predicted octanol–water partition coefficient (Wildman–Crippen LogP) is 1.86. The fourth-order valence-electron chi connectivity index (χ4n) is 1.33. The zero-order valence-electron chi connectivity index (χ0n) is 9.01. The molecule has 0 saturated carbocycles. The second-order valence-corrected chi connectivity index (χ2v) is 3.24. The Labute approximate surface area is 93.3 Å². The van der Waals surface area contributed by atoms with Gasteiger partial charge in [0, 0.05) is 18.2 Å². The lowest BCUT2D eigenvalue weighted by atomic mass is 10.2. The van der Waals surface area contributed by atoms with Gasteiger partial charge in [0.25, 0.3) is 0 Å². The SMILES string of the molecule is CCOCc1nc(N)cc(-c2ccoc2)n1. The highest BCUT2D eigenvalue weighted by molar-refractivity contribution is 5.60. The molecule has 0 aliphatic heterocycles. The maximum absolute atomic E-state index is 5.70. The summed E-state index contributed by atoms with van der Waals surface area (Å²) in [5.41, 5.74) is 7.33. The highest BCUT2D eigenvalue weighted by atomic mass is 16.5. The minimum atomic E-state index is 0.367. The number of nitrogens with zero attached hydrogens (tertiary/aromatic N) is 2. The van der Waals surface area contributed by atoms with Crippen LogP contribution in [-0.4, -0.2) is 16.6 Å². The van der Waals surface area contributed by atoms with Crippen LogP contribution in [0.4, 0.5) is 5.82 Å². The largest absolute Gasteiger partial charge is 0.472 e. The van der Waals surface area contributed by atoms with Gasteiger partial charge in [0.15, 0.2) is 5.82 Å². The van der Waals surface area contributed by atoms with E-state index in [4.69, 9.17) is 14.9 Å². The van der Waals surface area contributed by atoms with Crippen LogP contribution in [0.3, 0.4) is 0 Å². The maximum Gasteiger partial charge on any atom is 0.157 e. The number of furan rings is 1. The molecule has 2 aromatic rings. The van der Waals surface area contributed by atoms with E-state index in [2.05, 4.69) is 9.97 Å². The summed E-state index contributed by atoms with van der Waals surface area (Å²) in [5.74, 6) is 1.01. The van der Waals surface area contributed by atoms with Crippen molar-refractivity contribution in [2.24, 2.45) is 0 Å². The molecule has 0 aromatic carbocycles. The quantitative estimate of drug-likeness (QED) is 0.849. The number of hydrogen-bond acceptors (Lipinski definition) is 5. The van der Waals surface area contributed by atoms with Crippen molar-refractivity contribution in [3.05, 3.63) is 30.5 Å². The third-order valence-corrected chi connectivity index (χ3v) is 2.04. The van der Waals surface area contributed by atoms with Gasteiger partial charge < -0.3 is 14.9 Å². The zero-order chi connectivity index (χ0) is 11.4. The van der Waals surface area contributed by atoms with Gasteiger partial charge in [-0.25, -0.2) is 9.97 Å². The fraction of sp³-hybridized carbons (Fsp3) is 0.273. The molecule has 0 unspecified atom stereocenters. The summed E-state index contributed by atoms with van der Waals surface area (Å²) in [6.45, 7) is 2.91. The molecular weight excluding hydrogens is 206 g/mol. The summed E-state index contributed by atoms with van der Waals surface area (Å²) in [7, 11) is 0. The summed E-state index contributed by atoms with van der Waals surface area (Å²) in [5, 5.41) is 0. The summed E-state index contributed by atoms with van der Waals surface area (Å²) in [4.78, 5) is 8.43. The fourth-order valence-corrected chi connectivity index (χ4v) is 1.33. The molecule has 16 heavy (non-hydrogen) atoms. The second-order valence-electron chi connectivity index (χ2n) is 3.24. The first-order valence-corrected chi connectivity index (χ1v) is 5.03. The first kappa shape index (κ1) is 10.6. The average Bonchev–Trinajstić information content (AvgIpc) is 2.79. The molecule has 0 bridgehead atoms. The van der Waals surface area contributed by atoms with Crippen LogP contribution in [0, 0.1) is 0 Å². The van der Waals surface area contributed by atoms with Crippen molar-refractivity contribution in [2.45, 2.75) is 13.5 Å². The van der Waals surface area contributed by atoms with Gasteiger partial charge in [0.2, 0.25) is 0 Å². The lowest BCUT2D eigenvalue weighted by Crippen LogP contribution is -2.03. The van der Waals surface area contributed by atoms with Crippen molar-refractivity contribution in [2.75, 3.05) is 12.3 Å². The van der Waals surface area contributed by atoms with Crippen LogP contribution in [0.15, 0.2) is 29.1 Å². The van der Waals surface area contributed by atoms with Crippen LogP contribution in [0.2, 0.25) is 0 Å². The summed E-state index contributed by atoms with van der Waals surface area (Å²) in [6, 6.07) is 3.53. The van der Waals surface area contributed by atoms with Crippen molar-refractivity contribution in [1.29, 1.82) is 0 Å². The van der Waals surface area contributed by atoms with Gasteiger partial charge in [-0.3, -0.25) is 0 Å². The Kier molecular flexibility index (Phi) is 3.16. The molecule has 0 aliphatic rings. The average molecular weight is 219 g/mol. The van der Waals surface area contributed by atoms with Crippen molar-refractivity contribution in [1.82, 2.24) is 9.97 Å². The number of ether oxygens (including phenoxy) is 1. The zero-order valence-corrected chi connectivity index (χ0v) is 9.01. The number of rotatable bonds is 4. The second kappa shape index (κ2) is 4.76. The van der Waals surface area contributed by atoms with Gasteiger partial charge >= 0.3 is 0 Å². The molecule has 0 saturated heterocycles. The number of nitrogen functional groups attached to an aromatic ring is 1. The van der Waals surface area contributed by atoms with E-state index in [1.807, 2.05) is 13.0 Å². The van der Waals surface area contributed by atoms with E-state index >= 15 is 0 Å². The molecule has 0 amide bonds. The number of aromatic nitrogens is 2. The predicted molar refractivity (Wildman–Crippen MR) is 59.5 cm³/mol. The standard InChI is InChI=1S/C11H13N3O2/c1-2-15-7-11-13-9(5-10(12)14-11)8-3-4-16-6-8/h3-6H,2,7H2,1H3,(H2,12,13,14). The third kappa shape index (κ3) is 2.38. The van der Waals surface area contributed by atoms with E-state index < -0.39 is 0 Å². The third-order valence-electron chi connectivity index (χ3n) is 2.04. The first-order chi connectivity index (χ1) is 7.79. The monoisotopic (exact) mass is 219 g/mol. The minimum absolute atomic E-state index is 0.367. The van der Waals surface area contributed by atoms with E-state index in [0.29, 0.717) is 24.9 Å². The minimum Gasteiger partial charge on any atom is -0.472 e. The van der Waals surface area contributed by atoms with E-state index in [-0.39, 0.29) is 0 Å². The molecule has 5 heteroatoms. The lowest BCUT2D eigenvalue weighted by Gasteiger charge is -2.04. The Morgan fingerprint density at radius 2 is 2.31 bits per heavy atom. The lowest BCUT2D eigenvalue weighted by molar-refractivity contribution is 0.128. The molecule has 0 fully saturated rings. The number of anilines is 1. The van der Waals surface area contributed by atoms with Crippen molar-refractivity contribution in [3.63, 3.8) is 0 Å². The van der Waals surface area contributed by atoms with Crippen LogP contribution in [0.1, 0.15) is 12.7 Å². The van der Waals surface area contributed by atoms with Crippen LogP contribution < -0.4 is 5.73 Å². The van der Waals surface area contributed by atoms with E-state index in [9.17, 15) is 0 Å². The van der Waals surface area contributed by atoms with Crippen molar-refractivity contribution >= 4 is 5.82 Å². The Bertz CT molecular complexity index is 454. The normalized spacial score (nSPS) is 10.6. The Morgan fingerprint density at radius 3 is 3.00 bits per heavy atom. The van der Waals surface area contributed by atoms with Crippen LogP contribution in [0.5, 0.6) is 0 Å². The summed E-state index contributed by atoms with van der Waals surface area (Å²) < 4.78 is 10.2. The Morgan fingerprint density at radius 1 is 1.44 bits per heavy atom. The van der Waals surface area contributed by atoms with Crippen LogP contribution in [0.25, 0.3) is 11.3 Å². The van der Waals surface area contributed by atoms with Gasteiger partial charge in [-0.15, -0.1) is 0 Å². The topological polar surface area (TPSA) is 74.2 Å². The molecule has 2 N–H and O–H groups in total. The summed E-state index contributed by atoms with van der Waals surface area (Å²) in [6.07, 6.45) is 3.21. The first-order valence-electron chi connectivity index (χ1n) is 5.03. The van der Waals surface area contributed by atoms with Gasteiger partial charge in [-0.2, -0.15) is 0 Å². The van der Waals surface area contributed by atoms with Gasteiger partial charge in [0.05, 0.1) is 18.2 Å². The highest BCUT2D eigenvalue weighted by Gasteiger charge is 2.06. The molecule has 0 aliphatic carbocycles. The van der Waals surface area contributed by atoms with E-state index in [1.54, 1.807) is 18.6 Å². The van der Waals surface area contributed by atoms with E-state index in [1.165, 1.54) is 0 Å². The molecule has 2 rings (SSSR count). The summed E-state index contributed by atoms with van der Waals surface area (Å²) >= 11 is 0. The molecule has 0 spiro atoms. The molecule has 0 atom stereocenters. The van der Waals surface area contributed by atoms with Gasteiger partial charge in [0.1, 0.15) is 12.4 Å². The molecular formula is C11H13N3O2. The van der Waals surface area contributed by atoms with Gasteiger partial charge in [-0.05, 0) is 13.0 Å². The Balaban J connectivity index is 2.29. The van der Waals surface area contributed by atoms with E-state index in [0.717, 1.165) is 11.3 Å². The molecule has 2 aromatic heterocycles. The van der Waals surface area contributed by atoms with Crippen LogP contribution in [-0.2, 0) is 11.3 Å². The molecule has 5 nitrogen and oxygen atoms in total. The van der Waals surface area contributed by atoms with Crippen LogP contribution >= 0.6 is 0 Å².